The summed E-state index contributed by atoms with van der Waals surface area (Å²) in [4.78, 5) is 12.4. The van der Waals surface area contributed by atoms with Crippen LogP contribution in [0.3, 0.4) is 0 Å². The maximum Gasteiger partial charge on any atom is 0.323 e. The third-order valence-corrected chi connectivity index (χ3v) is 2.91. The van der Waals surface area contributed by atoms with E-state index in [1.54, 1.807) is 7.05 Å². The van der Waals surface area contributed by atoms with Gasteiger partial charge < -0.3 is 15.4 Å². The van der Waals surface area contributed by atoms with Crippen LogP contribution in [0.4, 0.5) is 11.9 Å². The number of hydrogen-bond donors (Lipinski definition) is 3. The highest BCUT2D eigenvalue weighted by Gasteiger charge is 2.08. The van der Waals surface area contributed by atoms with E-state index in [9.17, 15) is 8.42 Å². The first kappa shape index (κ1) is 17.4. The number of ether oxygens (including phenoxy) is 1. The zero-order chi connectivity index (χ0) is 15.9. The van der Waals surface area contributed by atoms with E-state index in [1.165, 1.54) is 0 Å². The van der Waals surface area contributed by atoms with Crippen LogP contribution in [0.5, 0.6) is 6.01 Å². The molecule has 21 heavy (non-hydrogen) atoms. The SMILES string of the molecule is CNc1nc(NCCCNS(C)(=O)=O)nc(OC(C)C)n1. The lowest BCUT2D eigenvalue weighted by atomic mass is 10.4. The van der Waals surface area contributed by atoms with Crippen LogP contribution in [-0.4, -0.2) is 55.9 Å². The molecule has 0 unspecified atom stereocenters. The monoisotopic (exact) mass is 318 g/mol. The van der Waals surface area contributed by atoms with E-state index in [2.05, 4.69) is 30.3 Å². The Bertz CT molecular complexity index is 549. The summed E-state index contributed by atoms with van der Waals surface area (Å²) in [5.41, 5.74) is 0. The van der Waals surface area contributed by atoms with E-state index < -0.39 is 10.0 Å². The molecule has 0 saturated heterocycles. The average Bonchev–Trinajstić information content (AvgIpc) is 2.35. The van der Waals surface area contributed by atoms with E-state index >= 15 is 0 Å². The molecule has 0 aliphatic rings. The molecule has 0 bridgehead atoms. The first-order chi connectivity index (χ1) is 9.80. The van der Waals surface area contributed by atoms with Crippen molar-refractivity contribution in [3.05, 3.63) is 0 Å². The van der Waals surface area contributed by atoms with Gasteiger partial charge in [0.15, 0.2) is 0 Å². The van der Waals surface area contributed by atoms with Crippen molar-refractivity contribution < 1.29 is 13.2 Å². The summed E-state index contributed by atoms with van der Waals surface area (Å²) in [6, 6.07) is 0.237. The highest BCUT2D eigenvalue weighted by atomic mass is 32.2. The highest BCUT2D eigenvalue weighted by molar-refractivity contribution is 7.88. The van der Waals surface area contributed by atoms with Gasteiger partial charge in [-0.3, -0.25) is 0 Å². The fourth-order valence-electron chi connectivity index (χ4n) is 1.36. The zero-order valence-electron chi connectivity index (χ0n) is 12.7. The van der Waals surface area contributed by atoms with Crippen molar-refractivity contribution in [2.24, 2.45) is 0 Å². The van der Waals surface area contributed by atoms with Crippen LogP contribution in [0.2, 0.25) is 0 Å². The van der Waals surface area contributed by atoms with Crippen molar-refractivity contribution in [2.45, 2.75) is 26.4 Å². The van der Waals surface area contributed by atoms with Crippen LogP contribution >= 0.6 is 0 Å². The van der Waals surface area contributed by atoms with Crippen molar-refractivity contribution in [1.29, 1.82) is 0 Å². The van der Waals surface area contributed by atoms with E-state index in [0.29, 0.717) is 31.4 Å². The Hall–Kier alpha value is -1.68. The van der Waals surface area contributed by atoms with Crippen molar-refractivity contribution in [3.63, 3.8) is 0 Å². The summed E-state index contributed by atoms with van der Waals surface area (Å²) in [5, 5.41) is 5.83. The van der Waals surface area contributed by atoms with Gasteiger partial charge in [0.2, 0.25) is 21.9 Å². The molecule has 3 N–H and O–H groups in total. The molecule has 0 atom stereocenters. The Morgan fingerprint density at radius 2 is 1.81 bits per heavy atom. The molecule has 0 aliphatic heterocycles. The van der Waals surface area contributed by atoms with Crippen LogP contribution in [0.25, 0.3) is 0 Å². The molecule has 1 rings (SSSR count). The summed E-state index contributed by atoms with van der Waals surface area (Å²) in [7, 11) is -1.45. The van der Waals surface area contributed by atoms with Crippen LogP contribution in [0, 0.1) is 0 Å². The van der Waals surface area contributed by atoms with Gasteiger partial charge in [0, 0.05) is 20.1 Å². The van der Waals surface area contributed by atoms with E-state index in [-0.39, 0.29) is 12.1 Å². The number of hydrogen-bond acceptors (Lipinski definition) is 8. The molecule has 1 aromatic heterocycles. The molecule has 0 radical (unpaired) electrons. The molecule has 1 heterocycles. The first-order valence-electron chi connectivity index (χ1n) is 6.59. The Kier molecular flexibility index (Phi) is 6.56. The lowest BCUT2D eigenvalue weighted by Gasteiger charge is -2.11. The second kappa shape index (κ2) is 7.93. The summed E-state index contributed by atoms with van der Waals surface area (Å²) in [5.74, 6) is 0.779. The van der Waals surface area contributed by atoms with Crippen molar-refractivity contribution >= 4 is 21.9 Å². The molecule has 9 nitrogen and oxygen atoms in total. The number of nitrogens with zero attached hydrogens (tertiary/aromatic N) is 3. The molecule has 120 valence electrons. The quantitative estimate of drug-likeness (QED) is 0.547. The Morgan fingerprint density at radius 1 is 1.14 bits per heavy atom. The first-order valence-corrected chi connectivity index (χ1v) is 8.48. The number of rotatable bonds is 9. The second-order valence-electron chi connectivity index (χ2n) is 4.63. The fraction of sp³-hybridized carbons (Fsp3) is 0.727. The predicted octanol–water partition coefficient (Wildman–Crippen LogP) is 0.0517. The van der Waals surface area contributed by atoms with Gasteiger partial charge in [-0.15, -0.1) is 0 Å². The fourth-order valence-corrected chi connectivity index (χ4v) is 1.87. The summed E-state index contributed by atoms with van der Waals surface area (Å²) in [6.07, 6.45) is 1.69. The minimum Gasteiger partial charge on any atom is -0.461 e. The van der Waals surface area contributed by atoms with Gasteiger partial charge in [-0.2, -0.15) is 15.0 Å². The number of nitrogens with one attached hydrogen (secondary N) is 3. The van der Waals surface area contributed by atoms with Gasteiger partial charge in [-0.05, 0) is 20.3 Å². The van der Waals surface area contributed by atoms with Gasteiger partial charge >= 0.3 is 6.01 Å². The standard InChI is InChI=1S/C11H22N6O3S/c1-8(2)20-11-16-9(12-3)15-10(17-11)13-6-5-7-14-21(4,18)19/h8,14H,5-7H2,1-4H3,(H2,12,13,15,16,17). The molecular formula is C11H22N6O3S. The van der Waals surface area contributed by atoms with Crippen LogP contribution < -0.4 is 20.1 Å². The second-order valence-corrected chi connectivity index (χ2v) is 6.46. The van der Waals surface area contributed by atoms with E-state index in [4.69, 9.17) is 4.74 Å². The zero-order valence-corrected chi connectivity index (χ0v) is 13.5. The number of aromatic nitrogens is 3. The van der Waals surface area contributed by atoms with Gasteiger partial charge in [0.05, 0.1) is 12.4 Å². The summed E-state index contributed by atoms with van der Waals surface area (Å²) < 4.78 is 29.7. The topological polar surface area (TPSA) is 118 Å². The third kappa shape index (κ3) is 7.61. The minimum absolute atomic E-state index is 0.0380. The van der Waals surface area contributed by atoms with Crippen molar-refractivity contribution in [3.8, 4) is 6.01 Å². The van der Waals surface area contributed by atoms with Gasteiger partial charge in [-0.1, -0.05) is 0 Å². The molecule has 0 amide bonds. The highest BCUT2D eigenvalue weighted by Crippen LogP contribution is 2.11. The van der Waals surface area contributed by atoms with Gasteiger partial charge in [-0.25, -0.2) is 13.1 Å². The maximum atomic E-state index is 10.9. The summed E-state index contributed by atoms with van der Waals surface area (Å²) >= 11 is 0. The molecule has 1 aromatic rings. The molecule has 10 heteroatoms. The van der Waals surface area contributed by atoms with E-state index in [1.807, 2.05) is 13.8 Å². The van der Waals surface area contributed by atoms with E-state index in [0.717, 1.165) is 6.26 Å². The maximum absolute atomic E-state index is 10.9. The van der Waals surface area contributed by atoms with Crippen LogP contribution in [0.15, 0.2) is 0 Å². The number of sulfonamides is 1. The lowest BCUT2D eigenvalue weighted by molar-refractivity contribution is 0.222. The lowest BCUT2D eigenvalue weighted by Crippen LogP contribution is -2.24. The van der Waals surface area contributed by atoms with Crippen molar-refractivity contribution in [2.75, 3.05) is 37.0 Å². The molecule has 0 spiro atoms. The van der Waals surface area contributed by atoms with Gasteiger partial charge in [0.25, 0.3) is 0 Å². The molecule has 0 saturated carbocycles. The normalized spacial score (nSPS) is 11.5. The number of anilines is 2. The molecule has 0 aromatic carbocycles. The van der Waals surface area contributed by atoms with Crippen LogP contribution in [-0.2, 0) is 10.0 Å². The predicted molar refractivity (Wildman–Crippen MR) is 81.1 cm³/mol. The average molecular weight is 318 g/mol. The Labute approximate surface area is 125 Å². The smallest absolute Gasteiger partial charge is 0.323 e. The largest absolute Gasteiger partial charge is 0.461 e. The molecular weight excluding hydrogens is 296 g/mol. The molecule has 0 fully saturated rings. The Morgan fingerprint density at radius 3 is 2.38 bits per heavy atom. The van der Waals surface area contributed by atoms with Gasteiger partial charge in [0.1, 0.15) is 0 Å². The minimum atomic E-state index is -3.15. The van der Waals surface area contributed by atoms with Crippen molar-refractivity contribution in [1.82, 2.24) is 19.7 Å². The molecule has 0 aliphatic carbocycles. The Balaban J connectivity index is 2.53. The summed E-state index contributed by atoms with van der Waals surface area (Å²) in [6.45, 7) is 4.64. The van der Waals surface area contributed by atoms with Crippen LogP contribution in [0.1, 0.15) is 20.3 Å². The third-order valence-electron chi connectivity index (χ3n) is 2.18.